The highest BCUT2D eigenvalue weighted by molar-refractivity contribution is 7.19. The minimum absolute atomic E-state index is 0.111. The number of aromatic nitrogens is 1. The summed E-state index contributed by atoms with van der Waals surface area (Å²) < 4.78 is 6.42. The highest BCUT2D eigenvalue weighted by Crippen LogP contribution is 2.28. The first-order chi connectivity index (χ1) is 11.2. The minimum Gasteiger partial charge on any atom is -0.507 e. The number of benzene rings is 2. The number of aliphatic hydroxyl groups excluding tert-OH is 1. The lowest BCUT2D eigenvalue weighted by Gasteiger charge is -2.06. The topological polar surface area (TPSA) is 66.1 Å². The molecule has 23 heavy (non-hydrogen) atoms. The maximum Gasteiger partial charge on any atom is 0.151 e. The summed E-state index contributed by atoms with van der Waals surface area (Å²) in [5, 5.41) is 20.6. The first kappa shape index (κ1) is 15.3. The van der Waals surface area contributed by atoms with Crippen molar-refractivity contribution in [2.24, 2.45) is 0 Å². The molecule has 6 heteroatoms. The zero-order valence-electron chi connectivity index (χ0n) is 11.9. The Kier molecular flexibility index (Phi) is 4.47. The van der Waals surface area contributed by atoms with Crippen molar-refractivity contribution in [3.05, 3.63) is 64.3 Å². The van der Waals surface area contributed by atoms with Crippen LogP contribution < -0.4 is 4.74 Å². The monoisotopic (exact) mass is 342 g/mol. The van der Waals surface area contributed by atoms with Crippen molar-refractivity contribution in [1.82, 2.24) is 4.98 Å². The third kappa shape index (κ3) is 3.45. The van der Waals surface area contributed by atoms with Crippen molar-refractivity contribution in [1.29, 1.82) is 5.26 Å². The molecular weight excluding hydrogens is 332 g/mol. The van der Waals surface area contributed by atoms with Crippen LogP contribution in [0.5, 0.6) is 5.75 Å². The van der Waals surface area contributed by atoms with Crippen molar-refractivity contribution in [2.45, 2.75) is 0 Å². The number of nitriles is 1. The fourth-order valence-electron chi connectivity index (χ4n) is 1.97. The Balaban J connectivity index is 1.84. The molecule has 1 N–H and O–H groups in total. The van der Waals surface area contributed by atoms with Crippen LogP contribution in [0.4, 0.5) is 0 Å². The van der Waals surface area contributed by atoms with E-state index in [1.807, 2.05) is 30.3 Å². The molecule has 0 bridgehead atoms. The van der Waals surface area contributed by atoms with Gasteiger partial charge in [0.25, 0.3) is 0 Å². The molecule has 0 aliphatic carbocycles. The van der Waals surface area contributed by atoms with E-state index in [1.165, 1.54) is 11.3 Å². The van der Waals surface area contributed by atoms with Gasteiger partial charge < -0.3 is 9.84 Å². The molecular formula is C17H11ClN2O2S. The van der Waals surface area contributed by atoms with E-state index < -0.39 is 0 Å². The molecule has 0 amide bonds. The van der Waals surface area contributed by atoms with Gasteiger partial charge in [-0.1, -0.05) is 23.7 Å². The van der Waals surface area contributed by atoms with E-state index in [1.54, 1.807) is 24.3 Å². The standard InChI is InChI=1S/C17H11ClN2O2S/c18-11-5-7-12(8-6-11)22-10-15(21)13(9-19)17-20-14-3-1-2-4-16(14)23-17/h1-8,21H,10H2/b15-13-. The van der Waals surface area contributed by atoms with Gasteiger partial charge in [-0.3, -0.25) is 0 Å². The number of aliphatic hydroxyl groups is 1. The SMILES string of the molecule is N#C/C(=C(/O)COc1ccc(Cl)cc1)c1nc2ccccc2s1. The van der Waals surface area contributed by atoms with Crippen LogP contribution in [-0.4, -0.2) is 16.7 Å². The molecule has 0 saturated carbocycles. The van der Waals surface area contributed by atoms with Crippen molar-refractivity contribution in [3.8, 4) is 11.8 Å². The van der Waals surface area contributed by atoms with Crippen LogP contribution in [0.15, 0.2) is 54.3 Å². The Bertz CT molecular complexity index is 877. The number of thiazole rings is 1. The van der Waals surface area contributed by atoms with Crippen LogP contribution in [0.25, 0.3) is 15.8 Å². The van der Waals surface area contributed by atoms with E-state index in [4.69, 9.17) is 16.3 Å². The molecule has 1 aromatic heterocycles. The normalized spacial score (nSPS) is 11.8. The molecule has 0 radical (unpaired) electrons. The largest absolute Gasteiger partial charge is 0.507 e. The highest BCUT2D eigenvalue weighted by Gasteiger charge is 2.14. The molecule has 0 saturated heterocycles. The van der Waals surface area contributed by atoms with Crippen LogP contribution in [0.3, 0.4) is 0 Å². The summed E-state index contributed by atoms with van der Waals surface area (Å²) in [6, 6.07) is 16.3. The number of allylic oxidation sites excluding steroid dienone is 1. The Morgan fingerprint density at radius 3 is 2.65 bits per heavy atom. The molecule has 0 aliphatic rings. The Hall–Kier alpha value is -2.55. The molecule has 0 aliphatic heterocycles. The molecule has 2 aromatic carbocycles. The predicted octanol–water partition coefficient (Wildman–Crippen LogP) is 4.82. The summed E-state index contributed by atoms with van der Waals surface area (Å²) in [6.07, 6.45) is 0. The fourth-order valence-corrected chi connectivity index (χ4v) is 3.08. The predicted molar refractivity (Wildman–Crippen MR) is 91.7 cm³/mol. The summed E-state index contributed by atoms with van der Waals surface area (Å²) in [7, 11) is 0. The molecule has 3 rings (SSSR count). The van der Waals surface area contributed by atoms with Gasteiger partial charge in [-0.25, -0.2) is 4.98 Å². The zero-order chi connectivity index (χ0) is 16.2. The Morgan fingerprint density at radius 2 is 1.96 bits per heavy atom. The fraction of sp³-hybridized carbons (Fsp3) is 0.0588. The van der Waals surface area contributed by atoms with Gasteiger partial charge in [-0.05, 0) is 36.4 Å². The van der Waals surface area contributed by atoms with Crippen LogP contribution in [-0.2, 0) is 0 Å². The number of para-hydroxylation sites is 1. The molecule has 0 atom stereocenters. The lowest BCUT2D eigenvalue weighted by atomic mass is 10.2. The summed E-state index contributed by atoms with van der Waals surface area (Å²) in [5.41, 5.74) is 0.923. The average Bonchev–Trinajstić information content (AvgIpc) is 2.98. The van der Waals surface area contributed by atoms with Crippen molar-refractivity contribution in [3.63, 3.8) is 0 Å². The smallest absolute Gasteiger partial charge is 0.151 e. The Labute approximate surface area is 141 Å². The number of hydrogen-bond donors (Lipinski definition) is 1. The molecule has 4 nitrogen and oxygen atoms in total. The lowest BCUT2D eigenvalue weighted by molar-refractivity contribution is 0.273. The van der Waals surface area contributed by atoms with E-state index in [-0.39, 0.29) is 17.9 Å². The third-order valence-electron chi connectivity index (χ3n) is 3.10. The van der Waals surface area contributed by atoms with Gasteiger partial charge in [-0.15, -0.1) is 11.3 Å². The second-order valence-electron chi connectivity index (χ2n) is 4.66. The van der Waals surface area contributed by atoms with Gasteiger partial charge in [-0.2, -0.15) is 5.26 Å². The maximum atomic E-state index is 10.2. The van der Waals surface area contributed by atoms with Crippen molar-refractivity contribution >= 4 is 38.7 Å². The maximum absolute atomic E-state index is 10.2. The van der Waals surface area contributed by atoms with E-state index in [0.29, 0.717) is 15.8 Å². The second-order valence-corrected chi connectivity index (χ2v) is 6.13. The highest BCUT2D eigenvalue weighted by atomic mass is 35.5. The molecule has 0 unspecified atom stereocenters. The number of hydrogen-bond acceptors (Lipinski definition) is 5. The Morgan fingerprint density at radius 1 is 1.22 bits per heavy atom. The van der Waals surface area contributed by atoms with Crippen LogP contribution in [0.2, 0.25) is 5.02 Å². The van der Waals surface area contributed by atoms with Gasteiger partial charge in [0.15, 0.2) is 5.76 Å². The summed E-state index contributed by atoms with van der Waals surface area (Å²) in [5.74, 6) is 0.407. The van der Waals surface area contributed by atoms with E-state index in [2.05, 4.69) is 4.98 Å². The lowest BCUT2D eigenvalue weighted by Crippen LogP contribution is -2.03. The summed E-state index contributed by atoms with van der Waals surface area (Å²) >= 11 is 7.16. The number of halogens is 1. The molecule has 114 valence electrons. The number of fused-ring (bicyclic) bond motifs is 1. The molecule has 0 spiro atoms. The molecule has 0 fully saturated rings. The first-order valence-corrected chi connectivity index (χ1v) is 7.93. The van der Waals surface area contributed by atoms with Gasteiger partial charge in [0.1, 0.15) is 29.0 Å². The second kappa shape index (κ2) is 6.69. The van der Waals surface area contributed by atoms with Crippen LogP contribution in [0, 0.1) is 11.3 Å². The zero-order valence-corrected chi connectivity index (χ0v) is 13.4. The van der Waals surface area contributed by atoms with Gasteiger partial charge >= 0.3 is 0 Å². The summed E-state index contributed by atoms with van der Waals surface area (Å²) in [6.45, 7) is -0.111. The van der Waals surface area contributed by atoms with Crippen LogP contribution >= 0.6 is 22.9 Å². The minimum atomic E-state index is -0.151. The quantitative estimate of drug-likeness (QED) is 0.545. The van der Waals surface area contributed by atoms with Crippen molar-refractivity contribution < 1.29 is 9.84 Å². The number of ether oxygens (including phenoxy) is 1. The molecule has 3 aromatic rings. The van der Waals surface area contributed by atoms with Gasteiger partial charge in [0, 0.05) is 5.02 Å². The molecule has 1 heterocycles. The number of rotatable bonds is 4. The van der Waals surface area contributed by atoms with Crippen LogP contribution in [0.1, 0.15) is 5.01 Å². The number of nitrogens with zero attached hydrogens (tertiary/aromatic N) is 2. The van der Waals surface area contributed by atoms with Crippen molar-refractivity contribution in [2.75, 3.05) is 6.61 Å². The average molecular weight is 343 g/mol. The van der Waals surface area contributed by atoms with E-state index in [9.17, 15) is 10.4 Å². The van der Waals surface area contributed by atoms with E-state index >= 15 is 0 Å². The van der Waals surface area contributed by atoms with E-state index in [0.717, 1.165) is 10.2 Å². The van der Waals surface area contributed by atoms with Gasteiger partial charge in [0.2, 0.25) is 0 Å². The third-order valence-corrected chi connectivity index (χ3v) is 4.40. The first-order valence-electron chi connectivity index (χ1n) is 6.74. The summed E-state index contributed by atoms with van der Waals surface area (Å²) in [4.78, 5) is 4.38. The van der Waals surface area contributed by atoms with Gasteiger partial charge in [0.05, 0.1) is 10.2 Å².